The minimum atomic E-state index is -1.00. The number of alkyl carbamates (subject to hydrolysis) is 1. The molecule has 0 radical (unpaired) electrons. The second kappa shape index (κ2) is 12.7. The first-order valence-corrected chi connectivity index (χ1v) is 11.0. The summed E-state index contributed by atoms with van der Waals surface area (Å²) in [5, 5.41) is 2.56. The molecule has 0 aliphatic heterocycles. The molecule has 2 aromatic rings. The minimum Gasteiger partial charge on any atom is -0.467 e. The first-order valence-electron chi connectivity index (χ1n) is 11.0. The van der Waals surface area contributed by atoms with Gasteiger partial charge in [0.1, 0.15) is 23.5 Å². The van der Waals surface area contributed by atoms with Crippen LogP contribution in [0, 0.1) is 0 Å². The molecule has 1 aromatic carbocycles. The average molecular weight is 477 g/mol. The van der Waals surface area contributed by atoms with Gasteiger partial charge in [-0.15, -0.1) is 0 Å². The summed E-state index contributed by atoms with van der Waals surface area (Å²) < 4.78 is 24.4. The normalized spacial score (nSPS) is 12.0. The Hall–Kier alpha value is -3.40. The average Bonchev–Trinajstić information content (AvgIpc) is 3.13. The van der Waals surface area contributed by atoms with Gasteiger partial charge in [0.2, 0.25) is 6.33 Å². The molecule has 1 atom stereocenters. The highest BCUT2D eigenvalue weighted by atomic mass is 16.6. The van der Waals surface area contributed by atoms with Gasteiger partial charge in [0.25, 0.3) is 0 Å². The van der Waals surface area contributed by atoms with Gasteiger partial charge in [0.15, 0.2) is 13.3 Å². The maximum atomic E-state index is 12.4. The Labute approximate surface area is 199 Å². The molecule has 10 nitrogen and oxygen atoms in total. The van der Waals surface area contributed by atoms with Crippen LogP contribution in [0.15, 0.2) is 42.9 Å². The van der Waals surface area contributed by atoms with E-state index in [9.17, 15) is 14.4 Å². The lowest BCUT2D eigenvalue weighted by Crippen LogP contribution is -2.45. The minimum absolute atomic E-state index is 0.00505. The van der Waals surface area contributed by atoms with E-state index in [2.05, 4.69) is 5.32 Å². The van der Waals surface area contributed by atoms with E-state index in [1.165, 1.54) is 7.11 Å². The zero-order valence-corrected chi connectivity index (χ0v) is 20.4. The van der Waals surface area contributed by atoms with E-state index in [0.717, 1.165) is 5.56 Å². The van der Waals surface area contributed by atoms with Gasteiger partial charge in [0, 0.05) is 6.42 Å². The van der Waals surface area contributed by atoms with Crippen LogP contribution < -0.4 is 9.88 Å². The number of amides is 1. The second-order valence-corrected chi connectivity index (χ2v) is 8.57. The SMILES string of the molecule is CCOC(=O)C[n+]1cc(C[C@H](NC(=O)OC(C)(C)C)C(=O)OC)n(COCc2ccccc2)c1. The Balaban J connectivity index is 2.19. The molecule has 1 aromatic heterocycles. The van der Waals surface area contributed by atoms with Crippen molar-refractivity contribution in [3.8, 4) is 0 Å². The number of nitrogens with zero attached hydrogens (tertiary/aromatic N) is 2. The highest BCUT2D eigenvalue weighted by molar-refractivity contribution is 5.81. The first kappa shape index (κ1) is 26.8. The third kappa shape index (κ3) is 9.22. The topological polar surface area (TPSA) is 109 Å². The molecule has 10 heteroatoms. The molecule has 0 aliphatic rings. The largest absolute Gasteiger partial charge is 0.467 e. The number of hydrogen-bond acceptors (Lipinski definition) is 7. The second-order valence-electron chi connectivity index (χ2n) is 8.57. The molecule has 1 amide bonds. The lowest BCUT2D eigenvalue weighted by Gasteiger charge is -2.22. The molecule has 0 unspecified atom stereocenters. The van der Waals surface area contributed by atoms with Crippen LogP contribution >= 0.6 is 0 Å². The molecular formula is C24H34N3O7+. The summed E-state index contributed by atoms with van der Waals surface area (Å²) in [4.78, 5) is 36.6. The number of methoxy groups -OCH3 is 1. The Kier molecular flexibility index (Phi) is 10.1. The molecule has 1 N–H and O–H groups in total. The number of rotatable bonds is 11. The lowest BCUT2D eigenvalue weighted by atomic mass is 10.1. The molecule has 0 spiro atoms. The van der Waals surface area contributed by atoms with Gasteiger partial charge >= 0.3 is 18.0 Å². The van der Waals surface area contributed by atoms with E-state index >= 15 is 0 Å². The summed E-state index contributed by atoms with van der Waals surface area (Å²) in [6.45, 7) is 7.74. The molecule has 2 rings (SSSR count). The van der Waals surface area contributed by atoms with E-state index in [0.29, 0.717) is 12.3 Å². The highest BCUT2D eigenvalue weighted by Crippen LogP contribution is 2.10. The molecule has 0 aliphatic carbocycles. The van der Waals surface area contributed by atoms with Crippen molar-refractivity contribution < 1.29 is 37.9 Å². The third-order valence-electron chi connectivity index (χ3n) is 4.52. The summed E-state index contributed by atoms with van der Waals surface area (Å²) in [7, 11) is 1.25. The molecule has 0 fully saturated rings. The van der Waals surface area contributed by atoms with E-state index in [-0.39, 0.29) is 26.3 Å². The van der Waals surface area contributed by atoms with Gasteiger partial charge in [-0.3, -0.25) is 0 Å². The zero-order valence-electron chi connectivity index (χ0n) is 20.4. The van der Waals surface area contributed by atoms with Crippen LogP contribution in [-0.4, -0.2) is 48.0 Å². The Bertz CT molecular complexity index is 951. The van der Waals surface area contributed by atoms with Crippen molar-refractivity contribution in [3.63, 3.8) is 0 Å². The van der Waals surface area contributed by atoms with Crippen molar-refractivity contribution in [1.82, 2.24) is 9.88 Å². The Morgan fingerprint density at radius 3 is 2.47 bits per heavy atom. The molecule has 0 saturated heterocycles. The fraction of sp³-hybridized carbons (Fsp3) is 0.500. The van der Waals surface area contributed by atoms with Gasteiger partial charge in [-0.1, -0.05) is 30.3 Å². The lowest BCUT2D eigenvalue weighted by molar-refractivity contribution is -0.685. The number of aromatic nitrogens is 2. The number of nitrogens with one attached hydrogen (secondary N) is 1. The van der Waals surface area contributed by atoms with E-state index in [1.807, 2.05) is 30.3 Å². The predicted octanol–water partition coefficient (Wildman–Crippen LogP) is 2.12. The van der Waals surface area contributed by atoms with Crippen LogP contribution in [0.2, 0.25) is 0 Å². The molecule has 186 valence electrons. The molecular weight excluding hydrogens is 442 g/mol. The monoisotopic (exact) mass is 476 g/mol. The van der Waals surface area contributed by atoms with Crippen molar-refractivity contribution >= 4 is 18.0 Å². The van der Waals surface area contributed by atoms with Crippen molar-refractivity contribution in [2.24, 2.45) is 0 Å². The summed E-state index contributed by atoms with van der Waals surface area (Å²) in [6.07, 6.45) is 2.76. The standard InChI is InChI=1S/C24H33N3O7/c1-6-33-21(28)14-26-13-19(27(16-26)17-32-15-18-10-8-7-9-11-18)12-20(22(29)31-5)25-23(30)34-24(2,3)4/h7-11,13,16,20H,6,12,14-15,17H2,1-5H3/p+1/t20-/m0/s1. The maximum absolute atomic E-state index is 12.4. The van der Waals surface area contributed by atoms with Crippen LogP contribution in [0.1, 0.15) is 39.0 Å². The smallest absolute Gasteiger partial charge is 0.408 e. The van der Waals surface area contributed by atoms with Crippen molar-refractivity contribution in [2.45, 2.75) is 65.6 Å². The Morgan fingerprint density at radius 2 is 1.85 bits per heavy atom. The molecule has 0 saturated carbocycles. The van der Waals surface area contributed by atoms with Gasteiger partial charge < -0.3 is 24.3 Å². The van der Waals surface area contributed by atoms with Crippen LogP contribution in [0.25, 0.3) is 0 Å². The van der Waals surface area contributed by atoms with Gasteiger partial charge in [-0.2, -0.15) is 0 Å². The molecule has 34 heavy (non-hydrogen) atoms. The summed E-state index contributed by atoms with van der Waals surface area (Å²) in [6, 6.07) is 8.69. The Morgan fingerprint density at radius 1 is 1.15 bits per heavy atom. The summed E-state index contributed by atoms with van der Waals surface area (Å²) >= 11 is 0. The number of carbonyl (C=O) groups is 3. The number of ether oxygens (including phenoxy) is 4. The van der Waals surface area contributed by atoms with Crippen LogP contribution in [-0.2, 0) is 54.8 Å². The fourth-order valence-electron chi connectivity index (χ4n) is 3.11. The number of hydrogen-bond donors (Lipinski definition) is 1. The quantitative estimate of drug-likeness (QED) is 0.301. The fourth-order valence-corrected chi connectivity index (χ4v) is 3.11. The van der Waals surface area contributed by atoms with Crippen LogP contribution in [0.4, 0.5) is 4.79 Å². The third-order valence-corrected chi connectivity index (χ3v) is 4.52. The van der Waals surface area contributed by atoms with Crippen LogP contribution in [0.5, 0.6) is 0 Å². The van der Waals surface area contributed by atoms with E-state index < -0.39 is 29.7 Å². The van der Waals surface area contributed by atoms with Crippen LogP contribution in [0.3, 0.4) is 0 Å². The van der Waals surface area contributed by atoms with Crippen molar-refractivity contribution in [1.29, 1.82) is 0 Å². The zero-order chi connectivity index (χ0) is 25.1. The summed E-state index contributed by atoms with van der Waals surface area (Å²) in [5.41, 5.74) is 0.928. The number of benzene rings is 1. The molecule has 0 bridgehead atoms. The van der Waals surface area contributed by atoms with Gasteiger partial charge in [-0.25, -0.2) is 23.5 Å². The predicted molar refractivity (Wildman–Crippen MR) is 121 cm³/mol. The van der Waals surface area contributed by atoms with Crippen molar-refractivity contribution in [2.75, 3.05) is 13.7 Å². The maximum Gasteiger partial charge on any atom is 0.408 e. The first-order chi connectivity index (χ1) is 16.1. The number of carbonyl (C=O) groups excluding carboxylic acids is 3. The molecule has 1 heterocycles. The van der Waals surface area contributed by atoms with E-state index in [1.54, 1.807) is 49.4 Å². The van der Waals surface area contributed by atoms with Gasteiger partial charge in [0.05, 0.1) is 20.3 Å². The number of imidazole rings is 1. The number of esters is 2. The highest BCUT2D eigenvalue weighted by Gasteiger charge is 2.29. The van der Waals surface area contributed by atoms with Crippen molar-refractivity contribution in [3.05, 3.63) is 54.1 Å². The van der Waals surface area contributed by atoms with Gasteiger partial charge in [-0.05, 0) is 33.3 Å². The van der Waals surface area contributed by atoms with E-state index in [4.69, 9.17) is 18.9 Å². The summed E-state index contributed by atoms with van der Waals surface area (Å²) in [5.74, 6) is -1.02.